The van der Waals surface area contributed by atoms with E-state index in [1.165, 1.54) is 0 Å². The predicted molar refractivity (Wildman–Crippen MR) is 89.6 cm³/mol. The standard InChI is InChI=1S/C13H18Br2N6/c1-20(2)6-7-21-13(10(15)8-18-21)12(19-16)11-9(14)4-3-5-17-11/h3-5,8,12,19H,6-7,16H2,1-2H3. The molecule has 0 fully saturated rings. The third kappa shape index (κ3) is 3.89. The number of nitrogens with two attached hydrogens (primary N) is 1. The van der Waals surface area contributed by atoms with E-state index in [0.717, 1.165) is 33.4 Å². The zero-order chi connectivity index (χ0) is 15.4. The lowest BCUT2D eigenvalue weighted by atomic mass is 10.1. The first kappa shape index (κ1) is 16.6. The summed E-state index contributed by atoms with van der Waals surface area (Å²) in [5, 5.41) is 4.42. The summed E-state index contributed by atoms with van der Waals surface area (Å²) < 4.78 is 3.75. The Morgan fingerprint density at radius 3 is 2.76 bits per heavy atom. The topological polar surface area (TPSA) is 72.0 Å². The molecule has 2 aromatic heterocycles. The predicted octanol–water partition coefficient (Wildman–Crippen LogP) is 1.92. The van der Waals surface area contributed by atoms with Crippen molar-refractivity contribution in [1.29, 1.82) is 0 Å². The van der Waals surface area contributed by atoms with E-state index in [4.69, 9.17) is 5.84 Å². The number of hydrazine groups is 1. The van der Waals surface area contributed by atoms with Crippen molar-refractivity contribution in [3.63, 3.8) is 0 Å². The molecule has 114 valence electrons. The van der Waals surface area contributed by atoms with Crippen molar-refractivity contribution in [3.8, 4) is 0 Å². The molecule has 0 aromatic carbocycles. The molecule has 0 radical (unpaired) electrons. The van der Waals surface area contributed by atoms with Gasteiger partial charge in [-0.1, -0.05) is 0 Å². The molecule has 0 spiro atoms. The van der Waals surface area contributed by atoms with Crippen LogP contribution < -0.4 is 11.3 Å². The molecule has 3 N–H and O–H groups in total. The molecule has 0 saturated heterocycles. The molecular weight excluding hydrogens is 400 g/mol. The molecule has 21 heavy (non-hydrogen) atoms. The monoisotopic (exact) mass is 416 g/mol. The van der Waals surface area contributed by atoms with Gasteiger partial charge in [0.05, 0.1) is 28.6 Å². The van der Waals surface area contributed by atoms with Crippen molar-refractivity contribution in [2.24, 2.45) is 5.84 Å². The van der Waals surface area contributed by atoms with Crippen LogP contribution >= 0.6 is 31.9 Å². The lowest BCUT2D eigenvalue weighted by molar-refractivity contribution is 0.365. The van der Waals surface area contributed by atoms with Gasteiger partial charge < -0.3 is 4.90 Å². The molecule has 8 heteroatoms. The van der Waals surface area contributed by atoms with E-state index < -0.39 is 0 Å². The van der Waals surface area contributed by atoms with Gasteiger partial charge in [-0.05, 0) is 58.1 Å². The molecule has 2 aromatic rings. The number of hydrogen-bond donors (Lipinski definition) is 2. The van der Waals surface area contributed by atoms with Crippen molar-refractivity contribution in [1.82, 2.24) is 25.1 Å². The highest BCUT2D eigenvalue weighted by atomic mass is 79.9. The molecule has 2 rings (SSSR count). The number of likely N-dealkylation sites (N-methyl/N-ethyl adjacent to an activating group) is 1. The molecule has 0 aliphatic heterocycles. The van der Waals surface area contributed by atoms with Gasteiger partial charge in [-0.25, -0.2) is 5.43 Å². The highest BCUT2D eigenvalue weighted by Gasteiger charge is 2.23. The van der Waals surface area contributed by atoms with Crippen molar-refractivity contribution in [2.75, 3.05) is 20.6 Å². The minimum absolute atomic E-state index is 0.250. The summed E-state index contributed by atoms with van der Waals surface area (Å²) in [7, 11) is 4.07. The van der Waals surface area contributed by atoms with Crippen LogP contribution in [0.3, 0.4) is 0 Å². The molecule has 1 unspecified atom stereocenters. The molecule has 1 atom stereocenters. The Labute approximate surface area is 140 Å². The molecular formula is C13H18Br2N6. The fourth-order valence-electron chi connectivity index (χ4n) is 2.03. The Hall–Kier alpha value is -0.800. The molecule has 0 amide bonds. The van der Waals surface area contributed by atoms with Gasteiger partial charge in [0.2, 0.25) is 0 Å². The van der Waals surface area contributed by atoms with Crippen LogP contribution in [-0.4, -0.2) is 40.3 Å². The molecule has 0 saturated carbocycles. The van der Waals surface area contributed by atoms with Crippen LogP contribution in [0.25, 0.3) is 0 Å². The first-order valence-corrected chi connectivity index (χ1v) is 8.05. The van der Waals surface area contributed by atoms with Gasteiger partial charge in [0.15, 0.2) is 0 Å². The first-order chi connectivity index (χ1) is 10.0. The fraction of sp³-hybridized carbons (Fsp3) is 0.385. The maximum absolute atomic E-state index is 5.78. The number of aromatic nitrogens is 3. The fourth-order valence-corrected chi connectivity index (χ4v) is 3.04. The molecule has 0 bridgehead atoms. The number of pyridine rings is 1. The van der Waals surface area contributed by atoms with Gasteiger partial charge in [0.25, 0.3) is 0 Å². The third-order valence-corrected chi connectivity index (χ3v) is 4.37. The average molecular weight is 418 g/mol. The molecule has 2 heterocycles. The van der Waals surface area contributed by atoms with Crippen molar-refractivity contribution in [3.05, 3.63) is 44.9 Å². The summed E-state index contributed by atoms with van der Waals surface area (Å²) in [6.07, 6.45) is 3.53. The number of rotatable bonds is 6. The van der Waals surface area contributed by atoms with Gasteiger partial charge in [-0.2, -0.15) is 5.10 Å². The summed E-state index contributed by atoms with van der Waals surface area (Å²) >= 11 is 7.08. The highest BCUT2D eigenvalue weighted by Crippen LogP contribution is 2.30. The van der Waals surface area contributed by atoms with Crippen LogP contribution in [0.1, 0.15) is 17.4 Å². The highest BCUT2D eigenvalue weighted by molar-refractivity contribution is 9.10. The Morgan fingerprint density at radius 2 is 2.14 bits per heavy atom. The number of halogens is 2. The van der Waals surface area contributed by atoms with Crippen LogP contribution in [0.4, 0.5) is 0 Å². The number of hydrogen-bond acceptors (Lipinski definition) is 5. The van der Waals surface area contributed by atoms with Crippen molar-refractivity contribution < 1.29 is 0 Å². The van der Waals surface area contributed by atoms with Crippen molar-refractivity contribution in [2.45, 2.75) is 12.6 Å². The minimum atomic E-state index is -0.250. The zero-order valence-electron chi connectivity index (χ0n) is 11.9. The van der Waals surface area contributed by atoms with Gasteiger partial charge in [0, 0.05) is 17.2 Å². The van der Waals surface area contributed by atoms with Crippen LogP contribution in [-0.2, 0) is 6.54 Å². The minimum Gasteiger partial charge on any atom is -0.308 e. The normalized spacial score (nSPS) is 12.9. The van der Waals surface area contributed by atoms with Crippen LogP contribution in [0.5, 0.6) is 0 Å². The van der Waals surface area contributed by atoms with E-state index in [2.05, 4.69) is 52.3 Å². The van der Waals surface area contributed by atoms with E-state index in [-0.39, 0.29) is 6.04 Å². The second kappa shape index (κ2) is 7.46. The van der Waals surface area contributed by atoms with Crippen LogP contribution in [0, 0.1) is 0 Å². The summed E-state index contributed by atoms with van der Waals surface area (Å²) in [5.74, 6) is 5.78. The lowest BCUT2D eigenvalue weighted by Gasteiger charge is -2.20. The van der Waals surface area contributed by atoms with Crippen LogP contribution in [0.15, 0.2) is 33.5 Å². The van der Waals surface area contributed by atoms with Gasteiger partial charge >= 0.3 is 0 Å². The zero-order valence-corrected chi connectivity index (χ0v) is 15.1. The number of nitrogens with one attached hydrogen (secondary N) is 1. The van der Waals surface area contributed by atoms with Gasteiger partial charge in [0.1, 0.15) is 6.04 Å². The summed E-state index contributed by atoms with van der Waals surface area (Å²) in [5.41, 5.74) is 4.62. The van der Waals surface area contributed by atoms with E-state index in [0.29, 0.717) is 0 Å². The average Bonchev–Trinajstić information content (AvgIpc) is 2.81. The Balaban J connectivity index is 2.38. The Kier molecular flexibility index (Phi) is 5.88. The lowest BCUT2D eigenvalue weighted by Crippen LogP contribution is -2.32. The largest absolute Gasteiger partial charge is 0.308 e. The van der Waals surface area contributed by atoms with Crippen LogP contribution in [0.2, 0.25) is 0 Å². The Morgan fingerprint density at radius 1 is 1.38 bits per heavy atom. The molecule has 0 aliphatic rings. The first-order valence-electron chi connectivity index (χ1n) is 6.47. The smallest absolute Gasteiger partial charge is 0.107 e. The summed E-state index contributed by atoms with van der Waals surface area (Å²) in [6, 6.07) is 3.57. The molecule has 6 nitrogen and oxygen atoms in total. The summed E-state index contributed by atoms with van der Waals surface area (Å²) in [6.45, 7) is 1.67. The van der Waals surface area contributed by atoms with E-state index in [1.807, 2.05) is 30.9 Å². The van der Waals surface area contributed by atoms with Gasteiger partial charge in [-0.3, -0.25) is 15.5 Å². The van der Waals surface area contributed by atoms with Gasteiger partial charge in [-0.15, -0.1) is 0 Å². The van der Waals surface area contributed by atoms with E-state index in [1.54, 1.807) is 12.4 Å². The quantitative estimate of drug-likeness (QED) is 0.554. The maximum Gasteiger partial charge on any atom is 0.107 e. The van der Waals surface area contributed by atoms with E-state index in [9.17, 15) is 0 Å². The SMILES string of the molecule is CN(C)CCn1ncc(Br)c1C(NN)c1ncccc1Br. The third-order valence-electron chi connectivity index (χ3n) is 3.09. The number of nitrogens with zero attached hydrogens (tertiary/aromatic N) is 4. The molecule has 0 aliphatic carbocycles. The van der Waals surface area contributed by atoms with E-state index >= 15 is 0 Å². The second-order valence-corrected chi connectivity index (χ2v) is 6.58. The maximum atomic E-state index is 5.78. The van der Waals surface area contributed by atoms with Crippen molar-refractivity contribution >= 4 is 31.9 Å². The second-order valence-electron chi connectivity index (χ2n) is 4.87. The summed E-state index contributed by atoms with van der Waals surface area (Å²) in [4.78, 5) is 6.53. The Bertz CT molecular complexity index is 598.